The molecule has 1 aliphatic heterocycles. The second-order valence-corrected chi connectivity index (χ2v) is 6.14. The van der Waals surface area contributed by atoms with Crippen LogP contribution in [0.15, 0.2) is 16.6 Å². The number of carbonyl (C=O) groups excluding carboxylic acids is 1. The van der Waals surface area contributed by atoms with Gasteiger partial charge in [-0.2, -0.15) is 0 Å². The van der Waals surface area contributed by atoms with Crippen LogP contribution in [0, 0.1) is 6.92 Å². The largest absolute Gasteiger partial charge is 0.481 e. The molecule has 1 aliphatic rings. The number of hydrogen-bond acceptors (Lipinski definition) is 3. The first-order valence-electron chi connectivity index (χ1n) is 7.04. The van der Waals surface area contributed by atoms with E-state index in [2.05, 4.69) is 15.9 Å². The first kappa shape index (κ1) is 15.2. The van der Waals surface area contributed by atoms with Gasteiger partial charge in [0, 0.05) is 17.6 Å². The Morgan fingerprint density at radius 3 is 2.55 bits per heavy atom. The molecule has 0 bridgehead atoms. The topological polar surface area (TPSA) is 55.6 Å². The molecule has 1 saturated heterocycles. The van der Waals surface area contributed by atoms with Crippen LogP contribution in [0.25, 0.3) is 0 Å². The second-order valence-electron chi connectivity index (χ2n) is 5.22. The Morgan fingerprint density at radius 2 is 1.95 bits per heavy atom. The standard InChI is InChI=1S/C15H21BrN2O2/c1-11-8-12(16)9-13(17)15(11)20-10-14(19)18-6-4-2-3-5-7-18/h8-9H,2-7,10,17H2,1H3. The zero-order chi connectivity index (χ0) is 14.5. The lowest BCUT2D eigenvalue weighted by atomic mass is 10.2. The van der Waals surface area contributed by atoms with Gasteiger partial charge in [0.15, 0.2) is 6.61 Å². The molecule has 0 spiro atoms. The van der Waals surface area contributed by atoms with E-state index < -0.39 is 0 Å². The Hall–Kier alpha value is -1.23. The minimum Gasteiger partial charge on any atom is -0.481 e. The molecule has 5 heteroatoms. The first-order chi connectivity index (χ1) is 9.58. The molecule has 1 aromatic rings. The van der Waals surface area contributed by atoms with Crippen molar-refractivity contribution in [3.05, 3.63) is 22.2 Å². The first-order valence-corrected chi connectivity index (χ1v) is 7.83. The maximum atomic E-state index is 12.2. The van der Waals surface area contributed by atoms with Gasteiger partial charge in [-0.3, -0.25) is 4.79 Å². The third-order valence-electron chi connectivity index (χ3n) is 3.57. The van der Waals surface area contributed by atoms with Gasteiger partial charge in [-0.1, -0.05) is 28.8 Å². The number of benzene rings is 1. The van der Waals surface area contributed by atoms with E-state index in [1.165, 1.54) is 12.8 Å². The van der Waals surface area contributed by atoms with Crippen LogP contribution in [0.5, 0.6) is 5.75 Å². The highest BCUT2D eigenvalue weighted by Crippen LogP contribution is 2.30. The van der Waals surface area contributed by atoms with Crippen LogP contribution >= 0.6 is 15.9 Å². The third kappa shape index (κ3) is 3.88. The number of ether oxygens (including phenoxy) is 1. The Morgan fingerprint density at radius 1 is 1.30 bits per heavy atom. The van der Waals surface area contributed by atoms with Gasteiger partial charge < -0.3 is 15.4 Å². The smallest absolute Gasteiger partial charge is 0.260 e. The number of nitrogens with zero attached hydrogens (tertiary/aromatic N) is 1. The van der Waals surface area contributed by atoms with E-state index in [-0.39, 0.29) is 12.5 Å². The molecule has 1 amide bonds. The molecule has 4 nitrogen and oxygen atoms in total. The van der Waals surface area contributed by atoms with Crippen molar-refractivity contribution in [3.8, 4) is 5.75 Å². The lowest BCUT2D eigenvalue weighted by Crippen LogP contribution is -2.35. The summed E-state index contributed by atoms with van der Waals surface area (Å²) in [7, 11) is 0. The molecular weight excluding hydrogens is 320 g/mol. The average molecular weight is 341 g/mol. The van der Waals surface area contributed by atoms with E-state index >= 15 is 0 Å². The lowest BCUT2D eigenvalue weighted by molar-refractivity contribution is -0.133. The number of aryl methyl sites for hydroxylation is 1. The number of nitrogens with two attached hydrogens (primary N) is 1. The van der Waals surface area contributed by atoms with Crippen LogP contribution in [0.2, 0.25) is 0 Å². The van der Waals surface area contributed by atoms with Crippen LogP contribution in [-0.4, -0.2) is 30.5 Å². The van der Waals surface area contributed by atoms with Gasteiger partial charge in [0.1, 0.15) is 5.75 Å². The number of anilines is 1. The van der Waals surface area contributed by atoms with Crippen molar-refractivity contribution < 1.29 is 9.53 Å². The van der Waals surface area contributed by atoms with Gasteiger partial charge in [-0.25, -0.2) is 0 Å². The molecule has 20 heavy (non-hydrogen) atoms. The summed E-state index contributed by atoms with van der Waals surface area (Å²) in [6.07, 6.45) is 4.60. The zero-order valence-electron chi connectivity index (χ0n) is 11.8. The van der Waals surface area contributed by atoms with Gasteiger partial charge in [-0.05, 0) is 37.5 Å². The summed E-state index contributed by atoms with van der Waals surface area (Å²) in [6.45, 7) is 3.67. The molecule has 1 fully saturated rings. The summed E-state index contributed by atoms with van der Waals surface area (Å²) < 4.78 is 6.56. The van der Waals surface area contributed by atoms with Gasteiger partial charge in [-0.15, -0.1) is 0 Å². The van der Waals surface area contributed by atoms with Crippen LogP contribution in [0.1, 0.15) is 31.2 Å². The number of hydrogen-bond donors (Lipinski definition) is 1. The average Bonchev–Trinajstić information content (AvgIpc) is 2.66. The molecule has 2 rings (SSSR count). The van der Waals surface area contributed by atoms with Gasteiger partial charge >= 0.3 is 0 Å². The van der Waals surface area contributed by atoms with Gasteiger partial charge in [0.05, 0.1) is 5.69 Å². The molecule has 1 heterocycles. The van der Waals surface area contributed by atoms with Crippen molar-refractivity contribution in [2.75, 3.05) is 25.4 Å². The molecule has 2 N–H and O–H groups in total. The van der Waals surface area contributed by atoms with E-state index in [9.17, 15) is 4.79 Å². The predicted molar refractivity (Wildman–Crippen MR) is 83.8 cm³/mol. The minimum absolute atomic E-state index is 0.0496. The van der Waals surface area contributed by atoms with E-state index in [0.717, 1.165) is 36.0 Å². The predicted octanol–water partition coefficient (Wildman–Crippen LogP) is 3.12. The fourth-order valence-electron chi connectivity index (χ4n) is 2.50. The van der Waals surface area contributed by atoms with Crippen molar-refractivity contribution in [2.24, 2.45) is 0 Å². The van der Waals surface area contributed by atoms with Crippen molar-refractivity contribution in [2.45, 2.75) is 32.6 Å². The zero-order valence-corrected chi connectivity index (χ0v) is 13.4. The molecular formula is C15H21BrN2O2. The number of rotatable bonds is 3. The number of nitrogen functional groups attached to an aromatic ring is 1. The van der Waals surface area contributed by atoms with E-state index in [1.807, 2.05) is 17.9 Å². The van der Waals surface area contributed by atoms with Crippen LogP contribution < -0.4 is 10.5 Å². The SMILES string of the molecule is Cc1cc(Br)cc(N)c1OCC(=O)N1CCCCCC1. The number of halogens is 1. The summed E-state index contributed by atoms with van der Waals surface area (Å²) in [5, 5.41) is 0. The Balaban J connectivity index is 1.96. The van der Waals surface area contributed by atoms with E-state index in [1.54, 1.807) is 6.07 Å². The van der Waals surface area contributed by atoms with Gasteiger partial charge in [0.25, 0.3) is 5.91 Å². The normalized spacial score (nSPS) is 15.8. The van der Waals surface area contributed by atoms with Crippen LogP contribution in [0.4, 0.5) is 5.69 Å². The molecule has 0 aromatic heterocycles. The molecule has 1 aromatic carbocycles. The fourth-order valence-corrected chi connectivity index (χ4v) is 3.09. The van der Waals surface area contributed by atoms with Crippen LogP contribution in [0.3, 0.4) is 0 Å². The minimum atomic E-state index is 0.0496. The Bertz CT molecular complexity index is 460. The fraction of sp³-hybridized carbons (Fsp3) is 0.533. The molecule has 0 radical (unpaired) electrons. The molecule has 0 aliphatic carbocycles. The monoisotopic (exact) mass is 340 g/mol. The van der Waals surface area contributed by atoms with Gasteiger partial charge in [0.2, 0.25) is 0 Å². The van der Waals surface area contributed by atoms with Crippen molar-refractivity contribution in [3.63, 3.8) is 0 Å². The highest BCUT2D eigenvalue weighted by atomic mass is 79.9. The van der Waals surface area contributed by atoms with Crippen molar-refractivity contribution in [1.82, 2.24) is 4.90 Å². The summed E-state index contributed by atoms with van der Waals surface area (Å²) in [5.41, 5.74) is 7.42. The summed E-state index contributed by atoms with van der Waals surface area (Å²) >= 11 is 3.39. The number of likely N-dealkylation sites (tertiary alicyclic amines) is 1. The maximum absolute atomic E-state index is 12.2. The quantitative estimate of drug-likeness (QED) is 0.860. The molecule has 110 valence electrons. The third-order valence-corrected chi connectivity index (χ3v) is 4.02. The molecule has 0 unspecified atom stereocenters. The second kappa shape index (κ2) is 6.97. The molecule has 0 saturated carbocycles. The van der Waals surface area contributed by atoms with Crippen molar-refractivity contribution >= 4 is 27.5 Å². The number of amides is 1. The Kier molecular flexibility index (Phi) is 5.29. The van der Waals surface area contributed by atoms with Crippen molar-refractivity contribution in [1.29, 1.82) is 0 Å². The lowest BCUT2D eigenvalue weighted by Gasteiger charge is -2.21. The van der Waals surface area contributed by atoms with E-state index in [4.69, 9.17) is 10.5 Å². The molecule has 0 atom stereocenters. The number of carbonyl (C=O) groups is 1. The van der Waals surface area contributed by atoms with E-state index in [0.29, 0.717) is 11.4 Å². The summed E-state index contributed by atoms with van der Waals surface area (Å²) in [5.74, 6) is 0.657. The summed E-state index contributed by atoms with van der Waals surface area (Å²) in [4.78, 5) is 14.1. The Labute approximate surface area is 128 Å². The van der Waals surface area contributed by atoms with Crippen LogP contribution in [-0.2, 0) is 4.79 Å². The highest BCUT2D eigenvalue weighted by Gasteiger charge is 2.17. The highest BCUT2D eigenvalue weighted by molar-refractivity contribution is 9.10. The maximum Gasteiger partial charge on any atom is 0.260 e. The summed E-state index contributed by atoms with van der Waals surface area (Å²) in [6, 6.07) is 3.72.